The van der Waals surface area contributed by atoms with Crippen molar-refractivity contribution in [1.29, 1.82) is 0 Å². The van der Waals surface area contributed by atoms with Gasteiger partial charge in [0.1, 0.15) is 0 Å². The van der Waals surface area contributed by atoms with Gasteiger partial charge < -0.3 is 15.5 Å². The molecule has 0 aliphatic carbocycles. The molecule has 1 saturated heterocycles. The van der Waals surface area contributed by atoms with Crippen molar-refractivity contribution in [3.05, 3.63) is 0 Å². The van der Waals surface area contributed by atoms with Crippen LogP contribution in [0.4, 0.5) is 0 Å². The van der Waals surface area contributed by atoms with Gasteiger partial charge in [-0.1, -0.05) is 20.8 Å². The Labute approximate surface area is 122 Å². The quantitative estimate of drug-likeness (QED) is 0.702. The Hall–Kier alpha value is -1.10. The number of nitrogens with one attached hydrogen (secondary N) is 2. The van der Waals surface area contributed by atoms with E-state index in [-0.39, 0.29) is 24.4 Å². The smallest absolute Gasteiger partial charge is 0.242 e. The fourth-order valence-corrected chi connectivity index (χ4v) is 2.44. The van der Waals surface area contributed by atoms with E-state index in [0.717, 1.165) is 38.9 Å². The molecule has 0 aromatic carbocycles. The molecule has 5 heteroatoms. The van der Waals surface area contributed by atoms with E-state index in [2.05, 4.69) is 31.4 Å². The summed E-state index contributed by atoms with van der Waals surface area (Å²) in [6.07, 6.45) is 3.32. The van der Waals surface area contributed by atoms with Gasteiger partial charge in [0.05, 0.1) is 6.54 Å². The first kappa shape index (κ1) is 17.0. The van der Waals surface area contributed by atoms with Crippen molar-refractivity contribution in [2.75, 3.05) is 26.2 Å². The number of carbonyl (C=O) groups is 2. The Kier molecular flexibility index (Phi) is 7.59. The third-order valence-corrected chi connectivity index (χ3v) is 3.65. The van der Waals surface area contributed by atoms with Crippen molar-refractivity contribution >= 4 is 11.8 Å². The van der Waals surface area contributed by atoms with Crippen LogP contribution in [0, 0.1) is 5.92 Å². The molecule has 0 aromatic heterocycles. The van der Waals surface area contributed by atoms with Gasteiger partial charge in [-0.25, -0.2) is 0 Å². The highest BCUT2D eigenvalue weighted by atomic mass is 16.2. The topological polar surface area (TPSA) is 61.4 Å². The maximum atomic E-state index is 12.2. The molecule has 1 atom stereocenters. The third kappa shape index (κ3) is 5.90. The molecule has 0 spiro atoms. The summed E-state index contributed by atoms with van der Waals surface area (Å²) in [5, 5.41) is 6.03. The number of nitrogens with zero attached hydrogens (tertiary/aromatic N) is 1. The highest BCUT2D eigenvalue weighted by Gasteiger charge is 2.25. The molecule has 1 aliphatic heterocycles. The van der Waals surface area contributed by atoms with Crippen LogP contribution in [-0.4, -0.2) is 48.9 Å². The molecule has 20 heavy (non-hydrogen) atoms. The molecule has 0 saturated carbocycles. The highest BCUT2D eigenvalue weighted by Crippen LogP contribution is 2.09. The van der Waals surface area contributed by atoms with E-state index in [9.17, 15) is 9.59 Å². The molecular formula is C15H29N3O2. The standard InChI is InChI=1S/C15H29N3O2/c1-4-9-18(13-7-8-16-10-13)15(20)11-17-14(19)6-5-12(2)3/h12-13,16H,4-11H2,1-3H3,(H,17,19). The second-order valence-corrected chi connectivity index (χ2v) is 5.94. The summed E-state index contributed by atoms with van der Waals surface area (Å²) in [6, 6.07) is 0.287. The van der Waals surface area contributed by atoms with Crippen molar-refractivity contribution in [3.8, 4) is 0 Å². The lowest BCUT2D eigenvalue weighted by Gasteiger charge is -2.28. The van der Waals surface area contributed by atoms with Crippen LogP contribution in [-0.2, 0) is 9.59 Å². The maximum absolute atomic E-state index is 12.2. The maximum Gasteiger partial charge on any atom is 0.242 e. The lowest BCUT2D eigenvalue weighted by Crippen LogP contribution is -2.46. The van der Waals surface area contributed by atoms with Gasteiger partial charge in [-0.3, -0.25) is 9.59 Å². The van der Waals surface area contributed by atoms with Crippen LogP contribution in [0.25, 0.3) is 0 Å². The zero-order chi connectivity index (χ0) is 15.0. The van der Waals surface area contributed by atoms with E-state index in [4.69, 9.17) is 0 Å². The zero-order valence-electron chi connectivity index (χ0n) is 13.1. The van der Waals surface area contributed by atoms with E-state index in [1.165, 1.54) is 0 Å². The summed E-state index contributed by atoms with van der Waals surface area (Å²) in [6.45, 7) is 9.00. The Balaban J connectivity index is 2.35. The van der Waals surface area contributed by atoms with E-state index in [1.54, 1.807) is 0 Å². The molecule has 2 N–H and O–H groups in total. The molecule has 1 unspecified atom stereocenters. The second-order valence-electron chi connectivity index (χ2n) is 5.94. The van der Waals surface area contributed by atoms with Gasteiger partial charge >= 0.3 is 0 Å². The largest absolute Gasteiger partial charge is 0.347 e. The predicted molar refractivity (Wildman–Crippen MR) is 80.4 cm³/mol. The van der Waals surface area contributed by atoms with Crippen molar-refractivity contribution in [3.63, 3.8) is 0 Å². The molecule has 2 amide bonds. The molecule has 1 aliphatic rings. The van der Waals surface area contributed by atoms with Gasteiger partial charge in [0, 0.05) is 25.6 Å². The minimum Gasteiger partial charge on any atom is -0.347 e. The molecule has 1 rings (SSSR count). The zero-order valence-corrected chi connectivity index (χ0v) is 13.1. The first-order valence-electron chi connectivity index (χ1n) is 7.81. The Morgan fingerprint density at radius 1 is 1.40 bits per heavy atom. The van der Waals surface area contributed by atoms with Crippen LogP contribution >= 0.6 is 0 Å². The van der Waals surface area contributed by atoms with Crippen molar-refractivity contribution in [2.45, 2.75) is 52.5 Å². The average molecular weight is 283 g/mol. The van der Waals surface area contributed by atoms with E-state index >= 15 is 0 Å². The van der Waals surface area contributed by atoms with Crippen molar-refractivity contribution in [1.82, 2.24) is 15.5 Å². The normalized spacial score (nSPS) is 18.3. The fourth-order valence-electron chi connectivity index (χ4n) is 2.44. The van der Waals surface area contributed by atoms with Crippen LogP contribution in [0.15, 0.2) is 0 Å². The van der Waals surface area contributed by atoms with Crippen LogP contribution < -0.4 is 10.6 Å². The molecule has 116 valence electrons. The van der Waals surface area contributed by atoms with Gasteiger partial charge in [-0.15, -0.1) is 0 Å². The van der Waals surface area contributed by atoms with Crippen LogP contribution in [0.3, 0.4) is 0 Å². The first-order valence-corrected chi connectivity index (χ1v) is 7.81. The summed E-state index contributed by atoms with van der Waals surface area (Å²) in [4.78, 5) is 25.8. The molecule has 0 radical (unpaired) electrons. The monoisotopic (exact) mass is 283 g/mol. The summed E-state index contributed by atoms with van der Waals surface area (Å²) in [5.41, 5.74) is 0. The molecule has 0 aromatic rings. The minimum atomic E-state index is -0.0203. The minimum absolute atomic E-state index is 0.0203. The third-order valence-electron chi connectivity index (χ3n) is 3.65. The second kappa shape index (κ2) is 8.95. The van der Waals surface area contributed by atoms with Crippen molar-refractivity contribution < 1.29 is 9.59 Å². The average Bonchev–Trinajstić information content (AvgIpc) is 2.93. The van der Waals surface area contributed by atoms with E-state index in [1.807, 2.05) is 4.90 Å². The lowest BCUT2D eigenvalue weighted by atomic mass is 10.1. The molecule has 5 nitrogen and oxygen atoms in total. The number of amides is 2. The predicted octanol–water partition coefficient (Wildman–Crippen LogP) is 1.14. The summed E-state index contributed by atoms with van der Waals surface area (Å²) >= 11 is 0. The van der Waals surface area contributed by atoms with E-state index in [0.29, 0.717) is 12.3 Å². The van der Waals surface area contributed by atoms with E-state index < -0.39 is 0 Å². The Morgan fingerprint density at radius 2 is 2.15 bits per heavy atom. The van der Waals surface area contributed by atoms with Gasteiger partial charge in [-0.2, -0.15) is 0 Å². The van der Waals surface area contributed by atoms with Gasteiger partial charge in [0.2, 0.25) is 11.8 Å². The Bertz CT molecular complexity index is 312. The summed E-state index contributed by atoms with van der Waals surface area (Å²) in [5.74, 6) is 0.532. The van der Waals surface area contributed by atoms with Crippen LogP contribution in [0.1, 0.15) is 46.5 Å². The number of hydrogen-bond donors (Lipinski definition) is 2. The van der Waals surface area contributed by atoms with Gasteiger partial charge in [0.15, 0.2) is 0 Å². The molecule has 0 bridgehead atoms. The number of rotatable bonds is 8. The van der Waals surface area contributed by atoms with Crippen molar-refractivity contribution in [2.24, 2.45) is 5.92 Å². The summed E-state index contributed by atoms with van der Waals surface area (Å²) < 4.78 is 0. The van der Waals surface area contributed by atoms with Crippen LogP contribution in [0.5, 0.6) is 0 Å². The number of carbonyl (C=O) groups excluding carboxylic acids is 2. The molecular weight excluding hydrogens is 254 g/mol. The number of hydrogen-bond acceptors (Lipinski definition) is 3. The first-order chi connectivity index (χ1) is 9.54. The van der Waals surface area contributed by atoms with Gasteiger partial charge in [-0.05, 0) is 31.7 Å². The fraction of sp³-hybridized carbons (Fsp3) is 0.867. The summed E-state index contributed by atoms with van der Waals surface area (Å²) in [7, 11) is 0. The molecule has 1 heterocycles. The highest BCUT2D eigenvalue weighted by molar-refractivity contribution is 5.84. The Morgan fingerprint density at radius 3 is 2.70 bits per heavy atom. The lowest BCUT2D eigenvalue weighted by molar-refractivity contribution is -0.134. The van der Waals surface area contributed by atoms with Gasteiger partial charge in [0.25, 0.3) is 0 Å². The SMILES string of the molecule is CCCN(C(=O)CNC(=O)CCC(C)C)C1CCNC1. The molecule has 1 fully saturated rings. The van der Waals surface area contributed by atoms with Crippen LogP contribution in [0.2, 0.25) is 0 Å².